The summed E-state index contributed by atoms with van der Waals surface area (Å²) in [7, 11) is 1.85. The van der Waals surface area contributed by atoms with Gasteiger partial charge >= 0.3 is 0 Å². The van der Waals surface area contributed by atoms with Gasteiger partial charge in [0, 0.05) is 18.8 Å². The van der Waals surface area contributed by atoms with Gasteiger partial charge in [-0.3, -0.25) is 4.68 Å². The summed E-state index contributed by atoms with van der Waals surface area (Å²) < 4.78 is 15.4. The zero-order chi connectivity index (χ0) is 18.8. The van der Waals surface area contributed by atoms with Gasteiger partial charge in [-0.25, -0.2) is 14.4 Å². The van der Waals surface area contributed by atoms with Gasteiger partial charge in [-0.2, -0.15) is 5.10 Å². The highest BCUT2D eigenvalue weighted by atomic mass is 19.1. The Morgan fingerprint density at radius 1 is 1.07 bits per heavy atom. The van der Waals surface area contributed by atoms with Crippen molar-refractivity contribution in [3.8, 4) is 23.1 Å². The molecule has 2 heterocycles. The molecular formula is C22H17FN4. The molecule has 0 aliphatic carbocycles. The standard InChI is InChI=1S/C22H17FN4/c1-3-19-22(17-7-4-8-18(23)12-17)26-21-16(6-5-9-20(21)25-19)11-10-15-13-24-27(2)14-15/h4-9,12-14H,3H2,1-2H3. The van der Waals surface area contributed by atoms with Crippen LogP contribution in [0.1, 0.15) is 23.7 Å². The second-order valence-electron chi connectivity index (χ2n) is 6.21. The number of hydrogen-bond donors (Lipinski definition) is 0. The van der Waals surface area contributed by atoms with Crippen LogP contribution in [0, 0.1) is 17.7 Å². The zero-order valence-electron chi connectivity index (χ0n) is 15.1. The van der Waals surface area contributed by atoms with Crippen LogP contribution in [-0.2, 0) is 13.5 Å². The van der Waals surface area contributed by atoms with Crippen LogP contribution < -0.4 is 0 Å². The Morgan fingerprint density at radius 3 is 2.67 bits per heavy atom. The maximum atomic E-state index is 13.7. The molecule has 4 nitrogen and oxygen atoms in total. The van der Waals surface area contributed by atoms with Crippen molar-refractivity contribution in [1.82, 2.24) is 19.7 Å². The summed E-state index contributed by atoms with van der Waals surface area (Å²) in [6.45, 7) is 2.02. The Morgan fingerprint density at radius 2 is 1.93 bits per heavy atom. The molecule has 5 heteroatoms. The first-order valence-corrected chi connectivity index (χ1v) is 8.70. The number of rotatable bonds is 2. The Kier molecular flexibility index (Phi) is 4.39. The average Bonchev–Trinajstić information content (AvgIpc) is 3.10. The molecule has 0 saturated heterocycles. The molecule has 0 atom stereocenters. The van der Waals surface area contributed by atoms with Gasteiger partial charge in [0.1, 0.15) is 11.3 Å². The van der Waals surface area contributed by atoms with E-state index in [0.29, 0.717) is 17.6 Å². The number of nitrogens with zero attached hydrogens (tertiary/aromatic N) is 4. The van der Waals surface area contributed by atoms with Crippen molar-refractivity contribution < 1.29 is 4.39 Å². The first kappa shape index (κ1) is 16.9. The fraction of sp³-hybridized carbons (Fsp3) is 0.136. The quantitative estimate of drug-likeness (QED) is 0.507. The summed E-state index contributed by atoms with van der Waals surface area (Å²) in [5.41, 5.74) is 5.36. The van der Waals surface area contributed by atoms with Crippen molar-refractivity contribution in [2.75, 3.05) is 0 Å². The van der Waals surface area contributed by atoms with E-state index in [1.807, 2.05) is 44.4 Å². The van der Waals surface area contributed by atoms with E-state index in [9.17, 15) is 4.39 Å². The Labute approximate surface area is 156 Å². The Balaban J connectivity index is 1.89. The monoisotopic (exact) mass is 356 g/mol. The highest BCUT2D eigenvalue weighted by Gasteiger charge is 2.12. The van der Waals surface area contributed by atoms with E-state index in [1.54, 1.807) is 16.9 Å². The minimum absolute atomic E-state index is 0.291. The number of fused-ring (bicyclic) bond motifs is 1. The molecule has 0 aliphatic heterocycles. The Bertz CT molecular complexity index is 1200. The van der Waals surface area contributed by atoms with Gasteiger partial charge in [-0.1, -0.05) is 37.0 Å². The number of para-hydroxylation sites is 1. The molecular weight excluding hydrogens is 339 g/mol. The van der Waals surface area contributed by atoms with Crippen LogP contribution in [0.25, 0.3) is 22.3 Å². The first-order chi connectivity index (χ1) is 13.1. The highest BCUT2D eigenvalue weighted by Crippen LogP contribution is 2.25. The molecule has 0 fully saturated rings. The van der Waals surface area contributed by atoms with E-state index in [0.717, 1.165) is 27.9 Å². The van der Waals surface area contributed by atoms with E-state index in [2.05, 4.69) is 16.9 Å². The lowest BCUT2D eigenvalue weighted by Gasteiger charge is -2.09. The molecule has 2 aromatic heterocycles. The second-order valence-corrected chi connectivity index (χ2v) is 6.21. The molecule has 0 aliphatic rings. The summed E-state index contributed by atoms with van der Waals surface area (Å²) in [4.78, 5) is 9.57. The average molecular weight is 356 g/mol. The summed E-state index contributed by atoms with van der Waals surface area (Å²) in [6, 6.07) is 12.2. The zero-order valence-corrected chi connectivity index (χ0v) is 15.1. The topological polar surface area (TPSA) is 43.6 Å². The van der Waals surface area contributed by atoms with Crippen molar-refractivity contribution in [3.05, 3.63) is 77.5 Å². The SMILES string of the molecule is CCc1nc2cccc(C#Cc3cnn(C)c3)c2nc1-c1cccc(F)c1. The van der Waals surface area contributed by atoms with E-state index in [4.69, 9.17) is 9.97 Å². The molecule has 4 aromatic rings. The predicted molar refractivity (Wildman–Crippen MR) is 103 cm³/mol. The second kappa shape index (κ2) is 7.00. The maximum absolute atomic E-state index is 13.7. The van der Waals surface area contributed by atoms with Crippen LogP contribution in [0.15, 0.2) is 54.9 Å². The summed E-state index contributed by atoms with van der Waals surface area (Å²) >= 11 is 0. The minimum atomic E-state index is -0.291. The van der Waals surface area contributed by atoms with Gasteiger partial charge in [0.2, 0.25) is 0 Å². The van der Waals surface area contributed by atoms with Crippen LogP contribution in [-0.4, -0.2) is 19.7 Å². The van der Waals surface area contributed by atoms with Crippen LogP contribution in [0.3, 0.4) is 0 Å². The van der Waals surface area contributed by atoms with Gasteiger partial charge < -0.3 is 0 Å². The number of hydrogen-bond acceptors (Lipinski definition) is 3. The molecule has 0 spiro atoms. The van der Waals surface area contributed by atoms with E-state index in [-0.39, 0.29) is 5.82 Å². The summed E-state index contributed by atoms with van der Waals surface area (Å²) in [5, 5.41) is 4.13. The van der Waals surface area contributed by atoms with Crippen molar-refractivity contribution in [3.63, 3.8) is 0 Å². The van der Waals surface area contributed by atoms with Gasteiger partial charge in [0.05, 0.1) is 34.2 Å². The maximum Gasteiger partial charge on any atom is 0.123 e. The Hall–Kier alpha value is -3.52. The van der Waals surface area contributed by atoms with E-state index in [1.165, 1.54) is 12.1 Å². The summed E-state index contributed by atoms with van der Waals surface area (Å²) in [5.74, 6) is 5.98. The lowest BCUT2D eigenvalue weighted by atomic mass is 10.1. The van der Waals surface area contributed by atoms with Crippen LogP contribution in [0.5, 0.6) is 0 Å². The van der Waals surface area contributed by atoms with E-state index < -0.39 is 0 Å². The van der Waals surface area contributed by atoms with Crippen molar-refractivity contribution in [2.24, 2.45) is 7.05 Å². The van der Waals surface area contributed by atoms with Crippen molar-refractivity contribution in [1.29, 1.82) is 0 Å². The van der Waals surface area contributed by atoms with Crippen LogP contribution in [0.2, 0.25) is 0 Å². The minimum Gasteiger partial charge on any atom is -0.275 e. The molecule has 2 aromatic carbocycles. The molecule has 0 saturated carbocycles. The number of aryl methyl sites for hydroxylation is 2. The third kappa shape index (κ3) is 3.42. The van der Waals surface area contributed by atoms with Crippen LogP contribution in [0.4, 0.5) is 4.39 Å². The number of aromatic nitrogens is 4. The lowest BCUT2D eigenvalue weighted by Crippen LogP contribution is -1.99. The van der Waals surface area contributed by atoms with E-state index >= 15 is 0 Å². The molecule has 132 valence electrons. The fourth-order valence-electron chi connectivity index (χ4n) is 2.95. The van der Waals surface area contributed by atoms with Gasteiger partial charge in [-0.05, 0) is 30.7 Å². The molecule has 0 N–H and O–H groups in total. The highest BCUT2D eigenvalue weighted by molar-refractivity contribution is 5.84. The van der Waals surface area contributed by atoms with Gasteiger partial charge in [0.15, 0.2) is 0 Å². The van der Waals surface area contributed by atoms with Crippen molar-refractivity contribution >= 4 is 11.0 Å². The summed E-state index contributed by atoms with van der Waals surface area (Å²) in [6.07, 6.45) is 4.29. The normalized spacial score (nSPS) is 10.6. The largest absolute Gasteiger partial charge is 0.275 e. The third-order valence-corrected chi connectivity index (χ3v) is 4.25. The molecule has 0 unspecified atom stereocenters. The number of halogens is 1. The molecule has 4 rings (SSSR count). The van der Waals surface area contributed by atoms with Crippen LogP contribution >= 0.6 is 0 Å². The smallest absolute Gasteiger partial charge is 0.123 e. The molecule has 27 heavy (non-hydrogen) atoms. The first-order valence-electron chi connectivity index (χ1n) is 8.70. The molecule has 0 radical (unpaired) electrons. The van der Waals surface area contributed by atoms with Gasteiger partial charge in [-0.15, -0.1) is 0 Å². The lowest BCUT2D eigenvalue weighted by molar-refractivity contribution is 0.628. The third-order valence-electron chi connectivity index (χ3n) is 4.25. The molecule has 0 bridgehead atoms. The number of benzene rings is 2. The predicted octanol–water partition coefficient (Wildman–Crippen LogP) is 4.13. The van der Waals surface area contributed by atoms with Gasteiger partial charge in [0.25, 0.3) is 0 Å². The molecule has 0 amide bonds. The van der Waals surface area contributed by atoms with Crippen molar-refractivity contribution in [2.45, 2.75) is 13.3 Å². The fourth-order valence-corrected chi connectivity index (χ4v) is 2.95.